The summed E-state index contributed by atoms with van der Waals surface area (Å²) in [5, 5.41) is 13.2. The third-order valence-electron chi connectivity index (χ3n) is 3.78. The summed E-state index contributed by atoms with van der Waals surface area (Å²) < 4.78 is 7.63. The molecule has 3 rings (SSSR count). The second kappa shape index (κ2) is 10.2. The summed E-state index contributed by atoms with van der Waals surface area (Å²) in [5.74, 6) is 1.19. The maximum atomic E-state index is 12.2. The summed E-state index contributed by atoms with van der Waals surface area (Å²) >= 11 is 19.3. The molecule has 152 valence electrons. The Labute approximate surface area is 187 Å². The number of rotatable bonds is 8. The fourth-order valence-corrected chi connectivity index (χ4v) is 4.05. The molecular formula is C19H17Cl3N4O2S. The Kier molecular flexibility index (Phi) is 7.66. The van der Waals surface area contributed by atoms with Crippen molar-refractivity contribution in [3.8, 4) is 5.75 Å². The van der Waals surface area contributed by atoms with Crippen molar-refractivity contribution in [1.82, 2.24) is 14.8 Å². The molecule has 0 unspecified atom stereocenters. The molecule has 1 N–H and O–H groups in total. The quantitative estimate of drug-likeness (QED) is 0.435. The van der Waals surface area contributed by atoms with E-state index in [1.54, 1.807) is 30.3 Å². The van der Waals surface area contributed by atoms with E-state index in [1.807, 2.05) is 23.6 Å². The number of para-hydroxylation sites is 1. The monoisotopic (exact) mass is 470 g/mol. The normalized spacial score (nSPS) is 10.8. The second-order valence-electron chi connectivity index (χ2n) is 5.86. The highest BCUT2D eigenvalue weighted by Gasteiger charge is 2.14. The van der Waals surface area contributed by atoms with Gasteiger partial charge in [-0.05, 0) is 37.3 Å². The van der Waals surface area contributed by atoms with Crippen LogP contribution in [0.4, 0.5) is 5.69 Å². The van der Waals surface area contributed by atoms with Crippen molar-refractivity contribution in [2.45, 2.75) is 25.2 Å². The molecule has 0 saturated carbocycles. The van der Waals surface area contributed by atoms with E-state index in [9.17, 15) is 4.79 Å². The summed E-state index contributed by atoms with van der Waals surface area (Å²) in [4.78, 5) is 12.2. The molecule has 3 aromatic rings. The molecule has 0 aliphatic rings. The van der Waals surface area contributed by atoms with Gasteiger partial charge in [0.25, 0.3) is 0 Å². The minimum atomic E-state index is -0.201. The van der Waals surface area contributed by atoms with Crippen LogP contribution < -0.4 is 10.1 Å². The molecule has 0 aliphatic carbocycles. The fraction of sp³-hybridized carbons (Fsp3) is 0.211. The minimum absolute atomic E-state index is 0.160. The number of benzene rings is 2. The van der Waals surface area contributed by atoms with E-state index in [1.165, 1.54) is 11.8 Å². The molecule has 29 heavy (non-hydrogen) atoms. The van der Waals surface area contributed by atoms with E-state index in [-0.39, 0.29) is 18.3 Å². The predicted molar refractivity (Wildman–Crippen MR) is 117 cm³/mol. The number of halogens is 3. The first kappa shape index (κ1) is 21.8. The number of amides is 1. The van der Waals surface area contributed by atoms with Crippen molar-refractivity contribution in [2.24, 2.45) is 0 Å². The van der Waals surface area contributed by atoms with Crippen LogP contribution in [0.3, 0.4) is 0 Å². The van der Waals surface area contributed by atoms with E-state index in [2.05, 4.69) is 15.5 Å². The smallest absolute Gasteiger partial charge is 0.234 e. The Morgan fingerprint density at radius 2 is 1.86 bits per heavy atom. The lowest BCUT2D eigenvalue weighted by Gasteiger charge is -2.10. The van der Waals surface area contributed by atoms with Gasteiger partial charge in [0.15, 0.2) is 11.0 Å². The van der Waals surface area contributed by atoms with Gasteiger partial charge < -0.3 is 14.6 Å². The highest BCUT2D eigenvalue weighted by molar-refractivity contribution is 7.99. The van der Waals surface area contributed by atoms with Crippen LogP contribution in [-0.4, -0.2) is 26.4 Å². The summed E-state index contributed by atoms with van der Waals surface area (Å²) in [5.41, 5.74) is 0.541. The van der Waals surface area contributed by atoms with Crippen LogP contribution in [0.25, 0.3) is 0 Å². The van der Waals surface area contributed by atoms with Crippen LogP contribution in [0.2, 0.25) is 15.1 Å². The molecule has 6 nitrogen and oxygen atoms in total. The largest absolute Gasteiger partial charge is 0.484 e. The number of nitrogens with one attached hydrogen (secondary N) is 1. The van der Waals surface area contributed by atoms with E-state index < -0.39 is 0 Å². The minimum Gasteiger partial charge on any atom is -0.484 e. The third-order valence-corrected chi connectivity index (χ3v) is 5.50. The van der Waals surface area contributed by atoms with Gasteiger partial charge in [0.05, 0.1) is 10.8 Å². The van der Waals surface area contributed by atoms with E-state index in [0.717, 1.165) is 0 Å². The standard InChI is InChI=1S/C19H17Cl3N4O2S/c1-2-26-17(10-28-16-6-4-3-5-15(16)22)24-25-19(26)29-11-18(27)23-14-8-12(20)7-13(21)9-14/h3-9H,2,10-11H2,1H3,(H,23,27). The van der Waals surface area contributed by atoms with Crippen LogP contribution in [-0.2, 0) is 17.9 Å². The molecule has 1 aromatic heterocycles. The van der Waals surface area contributed by atoms with Gasteiger partial charge in [0, 0.05) is 22.3 Å². The lowest BCUT2D eigenvalue weighted by molar-refractivity contribution is -0.113. The first-order chi connectivity index (χ1) is 14.0. The van der Waals surface area contributed by atoms with Gasteiger partial charge in [0.1, 0.15) is 12.4 Å². The summed E-state index contributed by atoms with van der Waals surface area (Å²) in [6.45, 7) is 2.83. The van der Waals surface area contributed by atoms with Crippen LogP contribution in [0.5, 0.6) is 5.75 Å². The lowest BCUT2D eigenvalue weighted by atomic mass is 10.3. The van der Waals surface area contributed by atoms with Crippen molar-refractivity contribution >= 4 is 58.2 Å². The summed E-state index contributed by atoms with van der Waals surface area (Å²) in [6, 6.07) is 12.1. The molecule has 0 fully saturated rings. The van der Waals surface area contributed by atoms with Crippen LogP contribution >= 0.6 is 46.6 Å². The Morgan fingerprint density at radius 3 is 2.55 bits per heavy atom. The lowest BCUT2D eigenvalue weighted by Crippen LogP contribution is -2.15. The molecule has 0 radical (unpaired) electrons. The van der Waals surface area contributed by atoms with Gasteiger partial charge in [-0.2, -0.15) is 0 Å². The van der Waals surface area contributed by atoms with Gasteiger partial charge in [0.2, 0.25) is 5.91 Å². The highest BCUT2D eigenvalue weighted by atomic mass is 35.5. The van der Waals surface area contributed by atoms with Gasteiger partial charge >= 0.3 is 0 Å². The topological polar surface area (TPSA) is 69.0 Å². The van der Waals surface area contributed by atoms with Crippen LogP contribution in [0.1, 0.15) is 12.7 Å². The molecule has 10 heteroatoms. The van der Waals surface area contributed by atoms with Crippen molar-refractivity contribution < 1.29 is 9.53 Å². The number of aromatic nitrogens is 3. The average molecular weight is 472 g/mol. The maximum Gasteiger partial charge on any atom is 0.234 e. The van der Waals surface area contributed by atoms with Crippen LogP contribution in [0.15, 0.2) is 47.6 Å². The number of anilines is 1. The SMILES string of the molecule is CCn1c(COc2ccccc2Cl)nnc1SCC(=O)Nc1cc(Cl)cc(Cl)c1. The number of hydrogen-bond donors (Lipinski definition) is 1. The van der Waals surface area contributed by atoms with Gasteiger partial charge in [-0.3, -0.25) is 4.79 Å². The van der Waals surface area contributed by atoms with Crippen molar-refractivity contribution in [3.63, 3.8) is 0 Å². The maximum absolute atomic E-state index is 12.2. The van der Waals surface area contributed by atoms with E-state index >= 15 is 0 Å². The summed E-state index contributed by atoms with van der Waals surface area (Å²) in [7, 11) is 0. The van der Waals surface area contributed by atoms with Gasteiger partial charge in [-0.1, -0.05) is 58.7 Å². The Bertz CT molecular complexity index is 993. The molecule has 0 aliphatic heterocycles. The number of carbonyl (C=O) groups is 1. The molecule has 1 heterocycles. The number of thioether (sulfide) groups is 1. The van der Waals surface area contributed by atoms with Crippen molar-refractivity contribution in [3.05, 3.63) is 63.4 Å². The Hall–Kier alpha value is -1.93. The second-order valence-corrected chi connectivity index (χ2v) is 8.08. The highest BCUT2D eigenvalue weighted by Crippen LogP contribution is 2.25. The molecule has 0 bridgehead atoms. The van der Waals surface area contributed by atoms with E-state index in [0.29, 0.717) is 44.0 Å². The fourth-order valence-electron chi connectivity index (χ4n) is 2.51. The number of hydrogen-bond acceptors (Lipinski definition) is 5. The van der Waals surface area contributed by atoms with Crippen LogP contribution in [0, 0.1) is 0 Å². The zero-order valence-electron chi connectivity index (χ0n) is 15.4. The van der Waals surface area contributed by atoms with Gasteiger partial charge in [-0.15, -0.1) is 10.2 Å². The third kappa shape index (κ3) is 6.02. The van der Waals surface area contributed by atoms with Gasteiger partial charge in [-0.25, -0.2) is 0 Å². The number of nitrogens with zero attached hydrogens (tertiary/aromatic N) is 3. The first-order valence-electron chi connectivity index (χ1n) is 8.64. The zero-order valence-corrected chi connectivity index (χ0v) is 18.4. The molecule has 0 atom stereocenters. The number of ether oxygens (including phenoxy) is 1. The molecular weight excluding hydrogens is 455 g/mol. The molecule has 1 amide bonds. The molecule has 2 aromatic carbocycles. The van der Waals surface area contributed by atoms with Crippen molar-refractivity contribution in [1.29, 1.82) is 0 Å². The number of carbonyl (C=O) groups excluding carboxylic acids is 1. The van der Waals surface area contributed by atoms with E-state index in [4.69, 9.17) is 39.5 Å². The Balaban J connectivity index is 1.59. The first-order valence-corrected chi connectivity index (χ1v) is 10.8. The van der Waals surface area contributed by atoms with Crippen molar-refractivity contribution in [2.75, 3.05) is 11.1 Å². The summed E-state index contributed by atoms with van der Waals surface area (Å²) in [6.07, 6.45) is 0. The molecule has 0 saturated heterocycles. The predicted octanol–water partition coefficient (Wildman–Crippen LogP) is 5.57. The zero-order chi connectivity index (χ0) is 20.8. The Morgan fingerprint density at radius 1 is 1.14 bits per heavy atom. The molecule has 0 spiro atoms. The average Bonchev–Trinajstić information content (AvgIpc) is 3.06.